The molecule has 94 valence electrons. The summed E-state index contributed by atoms with van der Waals surface area (Å²) >= 11 is 1.56. The summed E-state index contributed by atoms with van der Waals surface area (Å²) in [6, 6.07) is 13.0. The Morgan fingerprint density at radius 2 is 2.00 bits per heavy atom. The van der Waals surface area contributed by atoms with Gasteiger partial charge in [-0.25, -0.2) is 0 Å². The quantitative estimate of drug-likeness (QED) is 0.866. The van der Waals surface area contributed by atoms with E-state index in [1.807, 2.05) is 47.8 Å². The fraction of sp³-hybridized carbons (Fsp3) is 0.214. The number of carbonyl (C=O) groups excluding carboxylic acids is 1. The van der Waals surface area contributed by atoms with Gasteiger partial charge in [-0.15, -0.1) is 11.3 Å². The third-order valence-electron chi connectivity index (χ3n) is 2.63. The highest BCUT2D eigenvalue weighted by Gasteiger charge is 2.13. The van der Waals surface area contributed by atoms with Crippen LogP contribution in [0.4, 0.5) is 0 Å². The van der Waals surface area contributed by atoms with Gasteiger partial charge in [-0.2, -0.15) is 0 Å². The lowest BCUT2D eigenvalue weighted by molar-refractivity contribution is -0.121. The van der Waals surface area contributed by atoms with Gasteiger partial charge in [-0.05, 0) is 17.0 Å². The molecule has 0 aliphatic rings. The molecule has 4 heteroatoms. The van der Waals surface area contributed by atoms with E-state index < -0.39 is 0 Å². The second-order valence-electron chi connectivity index (χ2n) is 3.97. The van der Waals surface area contributed by atoms with Crippen molar-refractivity contribution in [3.05, 3.63) is 58.3 Å². The van der Waals surface area contributed by atoms with Gasteiger partial charge in [0.25, 0.3) is 0 Å². The minimum atomic E-state index is -0.335. The van der Waals surface area contributed by atoms with Crippen molar-refractivity contribution in [3.8, 4) is 0 Å². The Kier molecular flexibility index (Phi) is 4.50. The van der Waals surface area contributed by atoms with Gasteiger partial charge in [0.2, 0.25) is 5.91 Å². The zero-order valence-corrected chi connectivity index (χ0v) is 10.7. The molecule has 2 rings (SSSR count). The van der Waals surface area contributed by atoms with Gasteiger partial charge in [0.05, 0.1) is 19.1 Å². The molecule has 0 radical (unpaired) electrons. The minimum absolute atomic E-state index is 0.0691. The average Bonchev–Trinajstić information content (AvgIpc) is 2.90. The lowest BCUT2D eigenvalue weighted by atomic mass is 10.1. The highest BCUT2D eigenvalue weighted by atomic mass is 32.1. The molecule has 3 nitrogen and oxygen atoms in total. The Morgan fingerprint density at radius 1 is 1.22 bits per heavy atom. The summed E-state index contributed by atoms with van der Waals surface area (Å²) in [6.07, 6.45) is 0.362. The monoisotopic (exact) mass is 261 g/mol. The number of aliphatic hydroxyl groups excluding tert-OH is 1. The number of hydrogen-bond acceptors (Lipinski definition) is 3. The maximum absolute atomic E-state index is 11.8. The summed E-state index contributed by atoms with van der Waals surface area (Å²) in [7, 11) is 0. The first-order valence-electron chi connectivity index (χ1n) is 5.77. The summed E-state index contributed by atoms with van der Waals surface area (Å²) < 4.78 is 0. The third kappa shape index (κ3) is 3.42. The van der Waals surface area contributed by atoms with E-state index in [0.29, 0.717) is 6.42 Å². The maximum Gasteiger partial charge on any atom is 0.225 e. The van der Waals surface area contributed by atoms with Crippen LogP contribution < -0.4 is 5.32 Å². The van der Waals surface area contributed by atoms with E-state index in [0.717, 1.165) is 10.4 Å². The van der Waals surface area contributed by atoms with Crippen molar-refractivity contribution >= 4 is 17.2 Å². The summed E-state index contributed by atoms with van der Waals surface area (Å²) in [5, 5.41) is 14.1. The summed E-state index contributed by atoms with van der Waals surface area (Å²) in [5.74, 6) is -0.0691. The number of thiophene rings is 1. The Labute approximate surface area is 110 Å². The van der Waals surface area contributed by atoms with Crippen LogP contribution in [0.15, 0.2) is 47.8 Å². The second kappa shape index (κ2) is 6.33. The molecule has 2 N–H and O–H groups in total. The van der Waals surface area contributed by atoms with Gasteiger partial charge >= 0.3 is 0 Å². The van der Waals surface area contributed by atoms with Gasteiger partial charge in [-0.3, -0.25) is 4.79 Å². The Bertz CT molecular complexity index is 482. The van der Waals surface area contributed by atoms with Gasteiger partial charge < -0.3 is 10.4 Å². The molecule has 1 amide bonds. The molecule has 0 aliphatic heterocycles. The van der Waals surface area contributed by atoms with Crippen LogP contribution in [0.5, 0.6) is 0 Å². The number of amides is 1. The fourth-order valence-electron chi connectivity index (χ4n) is 1.74. The molecule has 1 aromatic heterocycles. The molecule has 0 fully saturated rings. The largest absolute Gasteiger partial charge is 0.394 e. The first kappa shape index (κ1) is 12.8. The maximum atomic E-state index is 11.8. The average molecular weight is 261 g/mol. The highest BCUT2D eigenvalue weighted by Crippen LogP contribution is 2.13. The number of benzene rings is 1. The molecule has 0 spiro atoms. The normalized spacial score (nSPS) is 12.1. The van der Waals surface area contributed by atoms with Crippen LogP contribution in [0.1, 0.15) is 16.5 Å². The minimum Gasteiger partial charge on any atom is -0.394 e. The van der Waals surface area contributed by atoms with E-state index in [2.05, 4.69) is 5.32 Å². The number of aliphatic hydroxyl groups is 1. The zero-order valence-electron chi connectivity index (χ0n) is 9.87. The Balaban J connectivity index is 1.96. The molecule has 0 aliphatic carbocycles. The third-order valence-corrected chi connectivity index (χ3v) is 3.51. The van der Waals surface area contributed by atoms with E-state index in [1.54, 1.807) is 11.3 Å². The van der Waals surface area contributed by atoms with Crippen molar-refractivity contribution in [1.29, 1.82) is 0 Å². The van der Waals surface area contributed by atoms with Crippen molar-refractivity contribution < 1.29 is 9.90 Å². The highest BCUT2D eigenvalue weighted by molar-refractivity contribution is 7.10. The van der Waals surface area contributed by atoms with Crippen molar-refractivity contribution in [2.45, 2.75) is 12.5 Å². The van der Waals surface area contributed by atoms with Crippen LogP contribution in [0, 0.1) is 0 Å². The SMILES string of the molecule is O=C(Cc1cccs1)N[C@H](CO)c1ccccc1. The van der Waals surface area contributed by atoms with E-state index in [-0.39, 0.29) is 18.6 Å². The molecule has 1 aromatic carbocycles. The second-order valence-corrected chi connectivity index (χ2v) is 5.00. The van der Waals surface area contributed by atoms with Crippen LogP contribution in [0.25, 0.3) is 0 Å². The van der Waals surface area contributed by atoms with Crippen LogP contribution in [0.2, 0.25) is 0 Å². The van der Waals surface area contributed by atoms with Crippen molar-refractivity contribution in [1.82, 2.24) is 5.32 Å². The Morgan fingerprint density at radius 3 is 2.61 bits per heavy atom. The van der Waals surface area contributed by atoms with Gasteiger partial charge in [0, 0.05) is 4.88 Å². The summed E-state index contributed by atoms with van der Waals surface area (Å²) in [4.78, 5) is 12.9. The van der Waals surface area contributed by atoms with Crippen LogP contribution in [0.3, 0.4) is 0 Å². The molecular formula is C14H15NO2S. The van der Waals surface area contributed by atoms with E-state index in [1.165, 1.54) is 0 Å². The molecule has 1 heterocycles. The Hall–Kier alpha value is -1.65. The molecule has 0 bridgehead atoms. The number of nitrogens with one attached hydrogen (secondary N) is 1. The predicted molar refractivity (Wildman–Crippen MR) is 72.4 cm³/mol. The molecule has 0 saturated heterocycles. The topological polar surface area (TPSA) is 49.3 Å². The molecule has 0 saturated carbocycles. The van der Waals surface area contributed by atoms with E-state index in [4.69, 9.17) is 0 Å². The van der Waals surface area contributed by atoms with E-state index in [9.17, 15) is 9.90 Å². The fourth-order valence-corrected chi connectivity index (χ4v) is 2.44. The lowest BCUT2D eigenvalue weighted by Gasteiger charge is -2.16. The molecule has 18 heavy (non-hydrogen) atoms. The number of rotatable bonds is 5. The first-order chi connectivity index (χ1) is 8.79. The number of carbonyl (C=O) groups is 1. The predicted octanol–water partition coefficient (Wildman–Crippen LogP) is 2.14. The number of hydrogen-bond donors (Lipinski definition) is 2. The van der Waals surface area contributed by atoms with Gasteiger partial charge in [-0.1, -0.05) is 36.4 Å². The van der Waals surface area contributed by atoms with Crippen molar-refractivity contribution in [3.63, 3.8) is 0 Å². The zero-order chi connectivity index (χ0) is 12.8. The smallest absolute Gasteiger partial charge is 0.225 e. The van der Waals surface area contributed by atoms with Crippen molar-refractivity contribution in [2.24, 2.45) is 0 Å². The molecular weight excluding hydrogens is 246 g/mol. The van der Waals surface area contributed by atoms with Crippen LogP contribution in [-0.2, 0) is 11.2 Å². The summed E-state index contributed by atoms with van der Waals surface area (Å²) in [5.41, 5.74) is 0.916. The molecule has 2 aromatic rings. The van der Waals surface area contributed by atoms with E-state index >= 15 is 0 Å². The molecule has 1 atom stereocenters. The van der Waals surface area contributed by atoms with Crippen LogP contribution >= 0.6 is 11.3 Å². The lowest BCUT2D eigenvalue weighted by Crippen LogP contribution is -2.31. The van der Waals surface area contributed by atoms with Crippen molar-refractivity contribution in [2.75, 3.05) is 6.61 Å². The van der Waals surface area contributed by atoms with Crippen LogP contribution in [-0.4, -0.2) is 17.6 Å². The molecule has 0 unspecified atom stereocenters. The van der Waals surface area contributed by atoms with Gasteiger partial charge in [0.1, 0.15) is 0 Å². The van der Waals surface area contributed by atoms with Gasteiger partial charge in [0.15, 0.2) is 0 Å². The summed E-state index contributed by atoms with van der Waals surface area (Å²) in [6.45, 7) is -0.0970. The standard InChI is InChI=1S/C14H15NO2S/c16-10-13(11-5-2-1-3-6-11)15-14(17)9-12-7-4-8-18-12/h1-8,13,16H,9-10H2,(H,15,17)/t13-/m1/s1. The first-order valence-corrected chi connectivity index (χ1v) is 6.65.